The Balaban J connectivity index is 1.42. The average Bonchev–Trinajstić information content (AvgIpc) is 2.73. The Morgan fingerprint density at radius 3 is 2.54 bits per heavy atom. The summed E-state index contributed by atoms with van der Waals surface area (Å²) in [6, 6.07) is 6.09. The molecule has 0 saturated carbocycles. The molecule has 2 amide bonds. The number of ether oxygens (including phenoxy) is 2. The summed E-state index contributed by atoms with van der Waals surface area (Å²) in [5.74, 6) is -0.312. The summed E-state index contributed by atoms with van der Waals surface area (Å²) in [5.41, 5.74) is 1.49. The zero-order chi connectivity index (χ0) is 19.9. The first kappa shape index (κ1) is 20.6. The molecule has 7 nitrogen and oxygen atoms in total. The van der Waals surface area contributed by atoms with E-state index in [4.69, 9.17) is 9.47 Å². The number of hydrogen-bond donors (Lipinski definition) is 2. The molecule has 0 spiro atoms. The highest BCUT2D eigenvalue weighted by atomic mass is 16.5. The lowest BCUT2D eigenvalue weighted by molar-refractivity contribution is -0.136. The molecule has 0 radical (unpaired) electrons. The topological polar surface area (TPSA) is 79.9 Å². The molecule has 0 aromatic heterocycles. The summed E-state index contributed by atoms with van der Waals surface area (Å²) in [4.78, 5) is 27.0. The zero-order valence-corrected chi connectivity index (χ0v) is 16.8. The maximum absolute atomic E-state index is 12.2. The number of nitrogens with one attached hydrogen (secondary N) is 2. The number of carbonyl (C=O) groups excluding carboxylic acids is 2. The molecule has 2 fully saturated rings. The van der Waals surface area contributed by atoms with Gasteiger partial charge in [-0.2, -0.15) is 0 Å². The third kappa shape index (κ3) is 5.45. The smallest absolute Gasteiger partial charge is 0.313 e. The molecule has 0 aliphatic carbocycles. The van der Waals surface area contributed by atoms with E-state index in [-0.39, 0.29) is 0 Å². The monoisotopic (exact) mass is 389 g/mol. The van der Waals surface area contributed by atoms with E-state index in [0.717, 1.165) is 57.6 Å². The number of hydrogen-bond acceptors (Lipinski definition) is 5. The van der Waals surface area contributed by atoms with Gasteiger partial charge in [0.25, 0.3) is 0 Å². The van der Waals surface area contributed by atoms with E-state index in [2.05, 4.69) is 15.5 Å². The Labute approximate surface area is 166 Å². The largest absolute Gasteiger partial charge is 0.495 e. The molecule has 0 unspecified atom stereocenters. The third-order valence-corrected chi connectivity index (χ3v) is 5.72. The average molecular weight is 389 g/mol. The molecule has 1 aromatic rings. The van der Waals surface area contributed by atoms with Gasteiger partial charge in [-0.15, -0.1) is 0 Å². The first-order valence-corrected chi connectivity index (χ1v) is 10.1. The minimum absolute atomic E-state index is 0.418. The van der Waals surface area contributed by atoms with Crippen LogP contribution in [0.5, 0.6) is 5.75 Å². The van der Waals surface area contributed by atoms with E-state index in [1.54, 1.807) is 12.1 Å². The molecule has 1 aromatic carbocycles. The van der Waals surface area contributed by atoms with Crippen molar-refractivity contribution in [2.45, 2.75) is 38.6 Å². The van der Waals surface area contributed by atoms with Crippen molar-refractivity contribution in [2.75, 3.05) is 45.3 Å². The number of piperidine rings is 1. The minimum atomic E-state index is -0.663. The van der Waals surface area contributed by atoms with Gasteiger partial charge in [0.05, 0.1) is 12.8 Å². The van der Waals surface area contributed by atoms with E-state index >= 15 is 0 Å². The summed E-state index contributed by atoms with van der Waals surface area (Å²) in [6.45, 7) is 6.29. The number of aryl methyl sites for hydroxylation is 1. The molecule has 2 aliphatic heterocycles. The van der Waals surface area contributed by atoms with Gasteiger partial charge in [0, 0.05) is 25.8 Å². The van der Waals surface area contributed by atoms with Crippen molar-refractivity contribution in [3.05, 3.63) is 23.8 Å². The standard InChI is InChI=1S/C21H31N3O4/c1-15-3-4-19(27-2)18(13-15)23-21(26)20(25)22-14-16-5-9-24(10-6-16)17-7-11-28-12-8-17/h3-4,13,16-17H,5-12,14H2,1-2H3,(H,22,25)(H,23,26). The number of methoxy groups -OCH3 is 1. The van der Waals surface area contributed by atoms with Crippen molar-refractivity contribution < 1.29 is 19.1 Å². The molecule has 0 bridgehead atoms. The van der Waals surface area contributed by atoms with Crippen LogP contribution in [0.25, 0.3) is 0 Å². The Morgan fingerprint density at radius 2 is 1.86 bits per heavy atom. The summed E-state index contributed by atoms with van der Waals surface area (Å²) in [5, 5.41) is 5.43. The van der Waals surface area contributed by atoms with Gasteiger partial charge >= 0.3 is 11.8 Å². The van der Waals surface area contributed by atoms with Gasteiger partial charge in [0.15, 0.2) is 0 Å². The minimum Gasteiger partial charge on any atom is -0.495 e. The van der Waals surface area contributed by atoms with Crippen molar-refractivity contribution in [3.8, 4) is 5.75 Å². The van der Waals surface area contributed by atoms with Gasteiger partial charge in [0.2, 0.25) is 0 Å². The number of anilines is 1. The maximum atomic E-state index is 12.2. The summed E-state index contributed by atoms with van der Waals surface area (Å²) in [6.07, 6.45) is 4.32. The first-order chi connectivity index (χ1) is 13.6. The zero-order valence-electron chi connectivity index (χ0n) is 16.8. The first-order valence-electron chi connectivity index (χ1n) is 10.1. The number of nitrogens with zero attached hydrogens (tertiary/aromatic N) is 1. The molecule has 2 aliphatic rings. The van der Waals surface area contributed by atoms with Gasteiger partial charge in [-0.1, -0.05) is 6.07 Å². The Morgan fingerprint density at radius 1 is 1.14 bits per heavy atom. The van der Waals surface area contributed by atoms with Crippen molar-refractivity contribution in [1.29, 1.82) is 0 Å². The number of likely N-dealkylation sites (tertiary alicyclic amines) is 1. The van der Waals surface area contributed by atoms with Gasteiger partial charge in [0.1, 0.15) is 5.75 Å². The van der Waals surface area contributed by atoms with Crippen LogP contribution in [0.2, 0.25) is 0 Å². The van der Waals surface area contributed by atoms with Crippen LogP contribution in [-0.2, 0) is 14.3 Å². The Hall–Kier alpha value is -2.12. The molecule has 28 heavy (non-hydrogen) atoms. The van der Waals surface area contributed by atoms with Crippen LogP contribution in [0.1, 0.15) is 31.2 Å². The predicted molar refractivity (Wildman–Crippen MR) is 108 cm³/mol. The lowest BCUT2D eigenvalue weighted by Gasteiger charge is -2.39. The van der Waals surface area contributed by atoms with Gasteiger partial charge in [-0.3, -0.25) is 9.59 Å². The Kier molecular flexibility index (Phi) is 7.28. The second-order valence-electron chi connectivity index (χ2n) is 7.69. The van der Waals surface area contributed by atoms with Gasteiger partial charge in [-0.05, 0) is 69.3 Å². The van der Waals surface area contributed by atoms with Crippen LogP contribution in [0.15, 0.2) is 18.2 Å². The number of amides is 2. The molecule has 0 atom stereocenters. The lowest BCUT2D eigenvalue weighted by Crippen LogP contribution is -2.46. The molecule has 2 heterocycles. The highest BCUT2D eigenvalue weighted by Crippen LogP contribution is 2.25. The van der Waals surface area contributed by atoms with Crippen LogP contribution in [0, 0.1) is 12.8 Å². The van der Waals surface area contributed by atoms with E-state index in [1.807, 2.05) is 13.0 Å². The van der Waals surface area contributed by atoms with Crippen LogP contribution >= 0.6 is 0 Å². The normalized spacial score (nSPS) is 19.2. The lowest BCUT2D eigenvalue weighted by atomic mass is 9.94. The fourth-order valence-corrected chi connectivity index (χ4v) is 3.99. The SMILES string of the molecule is COc1ccc(C)cc1NC(=O)C(=O)NCC1CCN(C2CCOCC2)CC1. The van der Waals surface area contributed by atoms with E-state index < -0.39 is 11.8 Å². The quantitative estimate of drug-likeness (QED) is 0.753. The molecular formula is C21H31N3O4. The molecule has 2 saturated heterocycles. The van der Waals surface area contributed by atoms with Crippen LogP contribution in [0.4, 0.5) is 5.69 Å². The molecule has 3 rings (SSSR count). The highest BCUT2D eigenvalue weighted by Gasteiger charge is 2.27. The molecule has 7 heteroatoms. The van der Waals surface area contributed by atoms with Crippen molar-refractivity contribution in [3.63, 3.8) is 0 Å². The van der Waals surface area contributed by atoms with Crippen LogP contribution in [0.3, 0.4) is 0 Å². The maximum Gasteiger partial charge on any atom is 0.313 e. The van der Waals surface area contributed by atoms with Crippen molar-refractivity contribution >= 4 is 17.5 Å². The van der Waals surface area contributed by atoms with Crippen molar-refractivity contribution in [1.82, 2.24) is 10.2 Å². The van der Waals surface area contributed by atoms with Gasteiger partial charge < -0.3 is 25.0 Å². The fraction of sp³-hybridized carbons (Fsp3) is 0.619. The fourth-order valence-electron chi connectivity index (χ4n) is 3.99. The van der Waals surface area contributed by atoms with Crippen molar-refractivity contribution in [2.24, 2.45) is 5.92 Å². The molecule has 154 valence electrons. The number of carbonyl (C=O) groups is 2. The van der Waals surface area contributed by atoms with E-state index in [0.29, 0.717) is 29.9 Å². The Bertz CT molecular complexity index is 680. The molecule has 2 N–H and O–H groups in total. The summed E-state index contributed by atoms with van der Waals surface area (Å²) < 4.78 is 10.7. The van der Waals surface area contributed by atoms with Crippen LogP contribution < -0.4 is 15.4 Å². The number of rotatable bonds is 5. The van der Waals surface area contributed by atoms with E-state index in [1.165, 1.54) is 7.11 Å². The van der Waals surface area contributed by atoms with Gasteiger partial charge in [-0.25, -0.2) is 0 Å². The number of benzene rings is 1. The second-order valence-corrected chi connectivity index (χ2v) is 7.69. The third-order valence-electron chi connectivity index (χ3n) is 5.72. The predicted octanol–water partition coefficient (Wildman–Crippen LogP) is 1.95. The second kappa shape index (κ2) is 9.89. The summed E-state index contributed by atoms with van der Waals surface area (Å²) in [7, 11) is 1.53. The highest BCUT2D eigenvalue weighted by molar-refractivity contribution is 6.39. The molecular weight excluding hydrogens is 358 g/mol. The van der Waals surface area contributed by atoms with E-state index in [9.17, 15) is 9.59 Å². The summed E-state index contributed by atoms with van der Waals surface area (Å²) >= 11 is 0. The van der Waals surface area contributed by atoms with Crippen LogP contribution in [-0.4, -0.2) is 62.7 Å².